The number of carbonyl (C=O) groups is 3. The van der Waals surface area contributed by atoms with Crippen LogP contribution in [-0.2, 0) is 23.9 Å². The number of phenols is 1. The van der Waals surface area contributed by atoms with Gasteiger partial charge in [0.2, 0.25) is 0 Å². The monoisotopic (exact) mass is 690 g/mol. The van der Waals surface area contributed by atoms with E-state index in [-0.39, 0.29) is 30.4 Å². The van der Waals surface area contributed by atoms with Crippen molar-refractivity contribution < 1.29 is 50.9 Å². The number of aromatic hydroxyl groups is 1. The number of amides is 3. The molecule has 0 atom stereocenters. The highest BCUT2D eigenvalue weighted by molar-refractivity contribution is 6.01. The summed E-state index contributed by atoms with van der Waals surface area (Å²) >= 11 is 0. The highest BCUT2D eigenvalue weighted by atomic mass is 19.4. The van der Waals surface area contributed by atoms with Crippen molar-refractivity contribution >= 4 is 23.6 Å². The van der Waals surface area contributed by atoms with Crippen molar-refractivity contribution in [2.24, 2.45) is 5.73 Å². The van der Waals surface area contributed by atoms with Gasteiger partial charge in [0, 0.05) is 37.4 Å². The van der Waals surface area contributed by atoms with Crippen molar-refractivity contribution in [3.05, 3.63) is 119 Å². The molecule has 0 unspecified atom stereocenters. The minimum absolute atomic E-state index is 0.0237. The number of hydrogen-bond donors (Lipinski definition) is 5. The molecule has 260 valence electrons. The van der Waals surface area contributed by atoms with Crippen LogP contribution in [-0.4, -0.2) is 58.8 Å². The molecule has 0 aromatic heterocycles. The molecule has 0 aliphatic carbocycles. The summed E-state index contributed by atoms with van der Waals surface area (Å²) in [7, 11) is 0. The number of alkyl halides is 6. The van der Waals surface area contributed by atoms with Gasteiger partial charge in [-0.1, -0.05) is 54.6 Å². The Morgan fingerprint density at radius 2 is 1.45 bits per heavy atom. The van der Waals surface area contributed by atoms with Gasteiger partial charge in [0.25, 0.3) is 5.91 Å². The van der Waals surface area contributed by atoms with Gasteiger partial charge in [-0.2, -0.15) is 26.3 Å². The third-order valence-electron chi connectivity index (χ3n) is 6.79. The molecule has 0 spiro atoms. The first-order valence-corrected chi connectivity index (χ1v) is 14.6. The summed E-state index contributed by atoms with van der Waals surface area (Å²) in [5, 5.41) is 22.1. The number of carboxylic acids is 1. The van der Waals surface area contributed by atoms with Crippen molar-refractivity contribution in [3.8, 4) is 16.9 Å². The standard InChI is InChI=1S/C32H31F3N4O3.C2HF3O2/c33-32(34,35)25-7-4-8-26(20-25)38-31(42)39(18-15-22-11-13-27(40)14-12-22)21-23-5-3-6-24(19-23)28-9-1-2-10-29(28)30(41)37-17-16-36;3-2(4,5)1(6)7/h1-14,19-20,40H,15-18,21,36H2,(H,37,41)(H,38,42);(H,6,7). The van der Waals surface area contributed by atoms with E-state index in [0.717, 1.165) is 28.8 Å². The summed E-state index contributed by atoms with van der Waals surface area (Å²) in [6.45, 7) is 1.05. The van der Waals surface area contributed by atoms with E-state index in [1.165, 1.54) is 17.0 Å². The number of aliphatic carboxylic acids is 1. The van der Waals surface area contributed by atoms with Gasteiger partial charge in [0.1, 0.15) is 5.75 Å². The molecule has 0 bridgehead atoms. The fraction of sp³-hybridized carbons (Fsp3) is 0.206. The Balaban J connectivity index is 0.000000838. The largest absolute Gasteiger partial charge is 0.508 e. The van der Waals surface area contributed by atoms with Gasteiger partial charge in [-0.05, 0) is 71.1 Å². The molecule has 4 rings (SSSR count). The number of halogens is 6. The van der Waals surface area contributed by atoms with Crippen molar-refractivity contribution in [2.45, 2.75) is 25.3 Å². The second-order valence-corrected chi connectivity index (χ2v) is 10.4. The van der Waals surface area contributed by atoms with Crippen LogP contribution in [0.15, 0.2) is 97.1 Å². The second kappa shape index (κ2) is 17.0. The average Bonchev–Trinajstić information content (AvgIpc) is 3.06. The quantitative estimate of drug-likeness (QED) is 0.118. The number of hydrogen-bond acceptors (Lipinski definition) is 5. The maximum Gasteiger partial charge on any atom is 0.490 e. The van der Waals surface area contributed by atoms with E-state index < -0.39 is 29.9 Å². The van der Waals surface area contributed by atoms with Crippen LogP contribution in [0.3, 0.4) is 0 Å². The molecular formula is C34H32F6N4O5. The van der Waals surface area contributed by atoms with Crippen molar-refractivity contribution in [1.82, 2.24) is 10.2 Å². The van der Waals surface area contributed by atoms with Crippen LogP contribution in [0.1, 0.15) is 27.0 Å². The number of carboxylic acid groups (broad SMARTS) is 1. The molecule has 49 heavy (non-hydrogen) atoms. The average molecular weight is 691 g/mol. The number of carbonyl (C=O) groups excluding carboxylic acids is 2. The fourth-order valence-electron chi connectivity index (χ4n) is 4.43. The van der Waals surface area contributed by atoms with Crippen LogP contribution in [0.4, 0.5) is 36.8 Å². The Morgan fingerprint density at radius 1 is 0.796 bits per heavy atom. The SMILES string of the molecule is NCCNC(=O)c1ccccc1-c1cccc(CN(CCc2ccc(O)cc2)C(=O)Nc2cccc(C(F)(F)F)c2)c1.O=C(O)C(F)(F)F. The van der Waals surface area contributed by atoms with E-state index in [0.29, 0.717) is 30.6 Å². The topological polar surface area (TPSA) is 145 Å². The molecule has 9 nitrogen and oxygen atoms in total. The van der Waals surface area contributed by atoms with E-state index >= 15 is 0 Å². The first-order chi connectivity index (χ1) is 23.1. The summed E-state index contributed by atoms with van der Waals surface area (Å²) in [6, 6.07) is 25.0. The van der Waals surface area contributed by atoms with Gasteiger partial charge in [0.05, 0.1) is 5.56 Å². The Labute approximate surface area is 277 Å². The number of nitrogens with zero attached hydrogens (tertiary/aromatic N) is 1. The summed E-state index contributed by atoms with van der Waals surface area (Å²) in [4.78, 5) is 36.5. The molecule has 4 aromatic rings. The molecule has 0 radical (unpaired) electrons. The Morgan fingerprint density at radius 3 is 2.08 bits per heavy atom. The van der Waals surface area contributed by atoms with Crippen molar-refractivity contribution in [1.29, 1.82) is 0 Å². The molecule has 3 amide bonds. The zero-order chi connectivity index (χ0) is 36.2. The van der Waals surface area contributed by atoms with Crippen LogP contribution in [0.25, 0.3) is 11.1 Å². The van der Waals surface area contributed by atoms with E-state index in [1.807, 2.05) is 36.4 Å². The Hall–Kier alpha value is -5.57. The lowest BCUT2D eigenvalue weighted by atomic mass is 9.97. The number of phenolic OH excluding ortho intramolecular Hbond substituents is 1. The number of urea groups is 1. The van der Waals surface area contributed by atoms with Gasteiger partial charge in [-0.15, -0.1) is 0 Å². The normalized spacial score (nSPS) is 11.2. The zero-order valence-corrected chi connectivity index (χ0v) is 25.7. The van der Waals surface area contributed by atoms with Crippen LogP contribution < -0.4 is 16.4 Å². The Bertz CT molecular complexity index is 1730. The Kier molecular flexibility index (Phi) is 13.2. The summed E-state index contributed by atoms with van der Waals surface area (Å²) in [6.07, 6.45) is -9.18. The van der Waals surface area contributed by atoms with Crippen LogP contribution in [0.2, 0.25) is 0 Å². The maximum absolute atomic E-state index is 13.4. The zero-order valence-electron chi connectivity index (χ0n) is 25.7. The van der Waals surface area contributed by atoms with E-state index in [9.17, 15) is 41.0 Å². The molecule has 0 heterocycles. The molecule has 0 fully saturated rings. The third kappa shape index (κ3) is 11.9. The fourth-order valence-corrected chi connectivity index (χ4v) is 4.43. The highest BCUT2D eigenvalue weighted by Crippen LogP contribution is 2.31. The molecule has 6 N–H and O–H groups in total. The second-order valence-electron chi connectivity index (χ2n) is 10.4. The van der Waals surface area contributed by atoms with Crippen LogP contribution in [0.5, 0.6) is 5.75 Å². The van der Waals surface area contributed by atoms with Gasteiger partial charge < -0.3 is 31.5 Å². The van der Waals surface area contributed by atoms with Gasteiger partial charge in [-0.25, -0.2) is 9.59 Å². The van der Waals surface area contributed by atoms with E-state index in [1.54, 1.807) is 36.4 Å². The number of nitrogens with one attached hydrogen (secondary N) is 2. The molecule has 0 saturated heterocycles. The molecule has 0 aliphatic heterocycles. The van der Waals surface area contributed by atoms with Gasteiger partial charge >= 0.3 is 24.4 Å². The lowest BCUT2D eigenvalue weighted by molar-refractivity contribution is -0.192. The number of benzene rings is 4. The third-order valence-corrected chi connectivity index (χ3v) is 6.79. The minimum atomic E-state index is -5.08. The number of nitrogens with two attached hydrogens (primary N) is 1. The smallest absolute Gasteiger partial charge is 0.490 e. The van der Waals surface area contributed by atoms with Crippen molar-refractivity contribution in [2.75, 3.05) is 25.0 Å². The molecule has 0 aliphatic rings. The van der Waals surface area contributed by atoms with Crippen molar-refractivity contribution in [3.63, 3.8) is 0 Å². The molecule has 0 saturated carbocycles. The number of anilines is 1. The first kappa shape index (κ1) is 37.9. The molecule has 4 aromatic carbocycles. The lowest BCUT2D eigenvalue weighted by Crippen LogP contribution is -2.36. The van der Waals surface area contributed by atoms with Gasteiger partial charge in [0.15, 0.2) is 0 Å². The van der Waals surface area contributed by atoms with E-state index in [2.05, 4.69) is 10.6 Å². The summed E-state index contributed by atoms with van der Waals surface area (Å²) < 4.78 is 71.4. The first-order valence-electron chi connectivity index (χ1n) is 14.6. The maximum atomic E-state index is 13.4. The summed E-state index contributed by atoms with van der Waals surface area (Å²) in [5.41, 5.74) is 8.27. The van der Waals surface area contributed by atoms with Gasteiger partial charge in [-0.3, -0.25) is 4.79 Å². The molecular weight excluding hydrogens is 658 g/mol. The lowest BCUT2D eigenvalue weighted by Gasteiger charge is -2.24. The predicted molar refractivity (Wildman–Crippen MR) is 170 cm³/mol. The predicted octanol–water partition coefficient (Wildman–Crippen LogP) is 6.68. The number of rotatable bonds is 10. The molecule has 15 heteroatoms. The van der Waals surface area contributed by atoms with Crippen LogP contribution in [0, 0.1) is 0 Å². The van der Waals surface area contributed by atoms with Crippen LogP contribution >= 0.6 is 0 Å². The summed E-state index contributed by atoms with van der Waals surface area (Å²) in [5.74, 6) is -2.89. The van der Waals surface area contributed by atoms with E-state index in [4.69, 9.17) is 15.6 Å². The highest BCUT2D eigenvalue weighted by Gasteiger charge is 2.38. The minimum Gasteiger partial charge on any atom is -0.508 e.